The van der Waals surface area contributed by atoms with Crippen molar-refractivity contribution >= 4 is 17.6 Å². The number of aliphatic carboxylic acids is 1. The molecule has 114 valence electrons. The van der Waals surface area contributed by atoms with Crippen molar-refractivity contribution < 1.29 is 14.6 Å². The SMILES string of the molecule is CNCC1c2cc(Cl)ccc2Oc2ccccc2C1C(=O)O. The number of carboxylic acids is 1. The molecule has 2 aromatic carbocycles. The molecule has 0 amide bonds. The topological polar surface area (TPSA) is 58.6 Å². The molecule has 4 nitrogen and oxygen atoms in total. The van der Waals surface area contributed by atoms with Gasteiger partial charge in [-0.05, 0) is 31.3 Å². The zero-order valence-electron chi connectivity index (χ0n) is 12.0. The molecule has 0 saturated heterocycles. The molecule has 0 radical (unpaired) electrons. The number of nitrogens with one attached hydrogen (secondary N) is 1. The minimum atomic E-state index is -0.871. The second-order valence-corrected chi connectivity index (χ2v) is 5.74. The smallest absolute Gasteiger partial charge is 0.311 e. The molecule has 0 saturated carbocycles. The summed E-state index contributed by atoms with van der Waals surface area (Å²) in [7, 11) is 1.81. The zero-order valence-corrected chi connectivity index (χ0v) is 12.8. The number of fused-ring (bicyclic) bond motifs is 2. The van der Waals surface area contributed by atoms with Gasteiger partial charge in [-0.15, -0.1) is 0 Å². The fraction of sp³-hybridized carbons (Fsp3) is 0.235. The molecule has 2 aromatic rings. The highest BCUT2D eigenvalue weighted by Crippen LogP contribution is 2.46. The molecule has 22 heavy (non-hydrogen) atoms. The van der Waals surface area contributed by atoms with Gasteiger partial charge in [-0.25, -0.2) is 0 Å². The summed E-state index contributed by atoms with van der Waals surface area (Å²) in [6.45, 7) is 0.516. The Labute approximate surface area is 133 Å². The lowest BCUT2D eigenvalue weighted by atomic mass is 9.81. The Morgan fingerprint density at radius 2 is 1.95 bits per heavy atom. The number of benzene rings is 2. The van der Waals surface area contributed by atoms with E-state index in [0.717, 1.165) is 5.56 Å². The number of halogens is 1. The van der Waals surface area contributed by atoms with Gasteiger partial charge < -0.3 is 15.2 Å². The Bertz CT molecular complexity index is 717. The number of carboxylic acid groups (broad SMARTS) is 1. The Balaban J connectivity index is 2.24. The van der Waals surface area contributed by atoms with Crippen LogP contribution in [0.5, 0.6) is 11.5 Å². The van der Waals surface area contributed by atoms with E-state index in [0.29, 0.717) is 28.6 Å². The van der Waals surface area contributed by atoms with Crippen LogP contribution in [-0.4, -0.2) is 24.7 Å². The minimum absolute atomic E-state index is 0.264. The van der Waals surface area contributed by atoms with Crippen molar-refractivity contribution in [2.75, 3.05) is 13.6 Å². The van der Waals surface area contributed by atoms with E-state index in [2.05, 4.69) is 5.32 Å². The maximum Gasteiger partial charge on any atom is 0.311 e. The Kier molecular flexibility index (Phi) is 4.05. The molecule has 0 fully saturated rings. The lowest BCUT2D eigenvalue weighted by Gasteiger charge is -2.23. The van der Waals surface area contributed by atoms with Gasteiger partial charge in [0.25, 0.3) is 0 Å². The van der Waals surface area contributed by atoms with Crippen molar-refractivity contribution in [1.29, 1.82) is 0 Å². The van der Waals surface area contributed by atoms with E-state index in [1.807, 2.05) is 18.2 Å². The summed E-state index contributed by atoms with van der Waals surface area (Å²) in [6.07, 6.45) is 0. The molecule has 2 atom stereocenters. The third-order valence-corrected chi connectivity index (χ3v) is 4.17. The van der Waals surface area contributed by atoms with E-state index in [4.69, 9.17) is 16.3 Å². The molecule has 5 heteroatoms. The van der Waals surface area contributed by atoms with Crippen molar-refractivity contribution in [2.45, 2.75) is 11.8 Å². The number of rotatable bonds is 3. The van der Waals surface area contributed by atoms with Crippen LogP contribution in [0.25, 0.3) is 0 Å². The van der Waals surface area contributed by atoms with E-state index in [9.17, 15) is 9.90 Å². The third-order valence-electron chi connectivity index (χ3n) is 3.94. The molecule has 0 aliphatic carbocycles. The molecular formula is C17H16ClNO3. The second kappa shape index (κ2) is 5.99. The average Bonchev–Trinajstić information content (AvgIpc) is 2.62. The van der Waals surface area contributed by atoms with Crippen LogP contribution in [0.3, 0.4) is 0 Å². The normalized spacial score (nSPS) is 19.5. The summed E-state index contributed by atoms with van der Waals surface area (Å²) in [5.41, 5.74) is 1.49. The molecule has 0 bridgehead atoms. The first-order chi connectivity index (χ1) is 10.6. The average molecular weight is 318 g/mol. The Morgan fingerprint density at radius 1 is 1.23 bits per heavy atom. The van der Waals surface area contributed by atoms with Crippen molar-refractivity contribution in [3.63, 3.8) is 0 Å². The number of para-hydroxylation sites is 1. The van der Waals surface area contributed by atoms with Gasteiger partial charge in [0.1, 0.15) is 11.5 Å². The van der Waals surface area contributed by atoms with Gasteiger partial charge in [0.2, 0.25) is 0 Å². The van der Waals surface area contributed by atoms with Crippen molar-refractivity contribution in [3.8, 4) is 11.5 Å². The van der Waals surface area contributed by atoms with Crippen LogP contribution in [0, 0.1) is 0 Å². The van der Waals surface area contributed by atoms with Crippen LogP contribution in [0.2, 0.25) is 5.02 Å². The van der Waals surface area contributed by atoms with Crippen molar-refractivity contribution in [3.05, 3.63) is 58.6 Å². The standard InChI is InChI=1S/C17H16ClNO3/c1-19-9-13-12-8-10(18)6-7-15(12)22-14-5-3-2-4-11(14)16(13)17(20)21/h2-8,13,16,19H,9H2,1H3,(H,20,21). The number of hydrogen-bond acceptors (Lipinski definition) is 3. The predicted molar refractivity (Wildman–Crippen MR) is 85.0 cm³/mol. The predicted octanol–water partition coefficient (Wildman–Crippen LogP) is 3.62. The lowest BCUT2D eigenvalue weighted by Crippen LogP contribution is -2.27. The molecule has 2 N–H and O–H groups in total. The van der Waals surface area contributed by atoms with Crippen LogP contribution in [0.15, 0.2) is 42.5 Å². The van der Waals surface area contributed by atoms with E-state index in [1.165, 1.54) is 0 Å². The van der Waals surface area contributed by atoms with E-state index in [1.54, 1.807) is 31.3 Å². The molecule has 1 aliphatic rings. The lowest BCUT2D eigenvalue weighted by molar-refractivity contribution is -0.139. The highest BCUT2D eigenvalue weighted by atomic mass is 35.5. The van der Waals surface area contributed by atoms with Crippen molar-refractivity contribution in [2.24, 2.45) is 0 Å². The number of carbonyl (C=O) groups is 1. The van der Waals surface area contributed by atoms with Gasteiger partial charge in [-0.3, -0.25) is 4.79 Å². The molecule has 0 spiro atoms. The Hall–Kier alpha value is -2.04. The van der Waals surface area contributed by atoms with Crippen LogP contribution >= 0.6 is 11.6 Å². The monoisotopic (exact) mass is 317 g/mol. The van der Waals surface area contributed by atoms with Gasteiger partial charge in [0.05, 0.1) is 5.92 Å². The van der Waals surface area contributed by atoms with E-state index < -0.39 is 11.9 Å². The third kappa shape index (κ3) is 2.56. The molecule has 2 unspecified atom stereocenters. The number of hydrogen-bond donors (Lipinski definition) is 2. The highest BCUT2D eigenvalue weighted by molar-refractivity contribution is 6.30. The van der Waals surface area contributed by atoms with Crippen LogP contribution in [-0.2, 0) is 4.79 Å². The first-order valence-corrected chi connectivity index (χ1v) is 7.43. The van der Waals surface area contributed by atoms with Gasteiger partial charge in [0.15, 0.2) is 0 Å². The van der Waals surface area contributed by atoms with Gasteiger partial charge in [0, 0.05) is 28.6 Å². The maximum atomic E-state index is 11.9. The summed E-state index contributed by atoms with van der Waals surface area (Å²) in [5, 5.41) is 13.4. The number of likely N-dealkylation sites (N-methyl/N-ethyl adjacent to an activating group) is 1. The zero-order chi connectivity index (χ0) is 15.7. The molecule has 0 aromatic heterocycles. The first-order valence-electron chi connectivity index (χ1n) is 7.05. The van der Waals surface area contributed by atoms with Crippen LogP contribution < -0.4 is 10.1 Å². The molecular weight excluding hydrogens is 302 g/mol. The molecule has 3 rings (SSSR count). The quantitative estimate of drug-likeness (QED) is 0.908. The highest BCUT2D eigenvalue weighted by Gasteiger charge is 2.37. The summed E-state index contributed by atoms with van der Waals surface area (Å²) >= 11 is 6.11. The van der Waals surface area contributed by atoms with Crippen LogP contribution in [0.1, 0.15) is 23.0 Å². The second-order valence-electron chi connectivity index (χ2n) is 5.30. The van der Waals surface area contributed by atoms with Gasteiger partial charge in [-0.1, -0.05) is 29.8 Å². The summed E-state index contributed by atoms with van der Waals surface area (Å²) in [6, 6.07) is 12.6. The van der Waals surface area contributed by atoms with Crippen LogP contribution in [0.4, 0.5) is 0 Å². The maximum absolute atomic E-state index is 11.9. The summed E-state index contributed by atoms with van der Waals surface area (Å²) in [4.78, 5) is 11.9. The van der Waals surface area contributed by atoms with Crippen molar-refractivity contribution in [1.82, 2.24) is 5.32 Å². The fourth-order valence-corrected chi connectivity index (χ4v) is 3.18. The van der Waals surface area contributed by atoms with Gasteiger partial charge >= 0.3 is 5.97 Å². The molecule has 1 heterocycles. The fourth-order valence-electron chi connectivity index (χ4n) is 3.00. The largest absolute Gasteiger partial charge is 0.481 e. The summed E-state index contributed by atoms with van der Waals surface area (Å²) < 4.78 is 5.96. The Morgan fingerprint density at radius 3 is 2.68 bits per heavy atom. The molecule has 1 aliphatic heterocycles. The minimum Gasteiger partial charge on any atom is -0.481 e. The van der Waals surface area contributed by atoms with E-state index in [-0.39, 0.29) is 5.92 Å². The van der Waals surface area contributed by atoms with Gasteiger partial charge in [-0.2, -0.15) is 0 Å². The first kappa shape index (κ1) is 14.9. The number of ether oxygens (including phenoxy) is 1. The summed E-state index contributed by atoms with van der Waals surface area (Å²) in [5.74, 6) is -0.592. The van der Waals surface area contributed by atoms with E-state index >= 15 is 0 Å².